The highest BCUT2D eigenvalue weighted by atomic mass is 28.4. The second-order valence-electron chi connectivity index (χ2n) is 4.01. The smallest absolute Gasteiger partial charge is 0.278 e. The maximum atomic E-state index is 8.61. The largest absolute Gasteiger partial charge is 0.456 e. The summed E-state index contributed by atoms with van der Waals surface area (Å²) >= 11 is 0. The summed E-state index contributed by atoms with van der Waals surface area (Å²) in [4.78, 5) is 0. The van der Waals surface area contributed by atoms with E-state index < -0.39 is 8.32 Å². The van der Waals surface area contributed by atoms with E-state index in [0.29, 0.717) is 0 Å². The van der Waals surface area contributed by atoms with E-state index in [2.05, 4.69) is 30.9 Å². The molecule has 0 aromatic heterocycles. The van der Waals surface area contributed by atoms with E-state index >= 15 is 0 Å². The predicted molar refractivity (Wildman–Crippen MR) is 50.2 cm³/mol. The molecule has 0 aromatic carbocycles. The molecule has 4 heteroatoms. The Morgan fingerprint density at radius 2 is 2.25 bits per heavy atom. The third kappa shape index (κ3) is 2.34. The third-order valence-electron chi connectivity index (χ3n) is 1.68. The average molecular weight is 182 g/mol. The van der Waals surface area contributed by atoms with Crippen molar-refractivity contribution in [2.45, 2.75) is 32.5 Å². The first-order valence-electron chi connectivity index (χ1n) is 4.17. The Bertz CT molecular complexity index is 236. The average Bonchev–Trinajstić information content (AvgIpc) is 1.83. The molecule has 0 amide bonds. The summed E-state index contributed by atoms with van der Waals surface area (Å²) < 4.78 is 5.34. The standard InChI is InChI=1S/C8H14N2OSi/c1-12(2,3)11-10-8-5-4-7(8)6-9/h7H,4-5H2,1-3H3. The molecule has 0 N–H and O–H groups in total. The predicted octanol–water partition coefficient (Wildman–Crippen LogP) is 2.13. The SMILES string of the molecule is C[Si](C)(C)ON=C1CCC1C#N. The molecule has 3 nitrogen and oxygen atoms in total. The fraction of sp³-hybridized carbons (Fsp3) is 0.750. The zero-order chi connectivity index (χ0) is 9.19. The maximum absolute atomic E-state index is 8.61. The fourth-order valence-electron chi connectivity index (χ4n) is 0.862. The van der Waals surface area contributed by atoms with Crippen molar-refractivity contribution in [3.63, 3.8) is 0 Å². The molecule has 1 aliphatic rings. The van der Waals surface area contributed by atoms with Crippen LogP contribution in [0.5, 0.6) is 0 Å². The number of oxime groups is 1. The van der Waals surface area contributed by atoms with Crippen LogP contribution >= 0.6 is 0 Å². The van der Waals surface area contributed by atoms with E-state index in [0.717, 1.165) is 18.6 Å². The number of nitrogens with zero attached hydrogens (tertiary/aromatic N) is 2. The quantitative estimate of drug-likeness (QED) is 0.485. The molecule has 0 aromatic rings. The van der Waals surface area contributed by atoms with Crippen molar-refractivity contribution in [1.29, 1.82) is 5.26 Å². The molecule has 12 heavy (non-hydrogen) atoms. The van der Waals surface area contributed by atoms with Gasteiger partial charge in [-0.05, 0) is 32.5 Å². The minimum absolute atomic E-state index is 0.0290. The van der Waals surface area contributed by atoms with Gasteiger partial charge in [-0.3, -0.25) is 0 Å². The van der Waals surface area contributed by atoms with Crippen LogP contribution in [0.15, 0.2) is 5.16 Å². The van der Waals surface area contributed by atoms with Crippen molar-refractivity contribution < 1.29 is 4.53 Å². The van der Waals surface area contributed by atoms with Gasteiger partial charge in [0.15, 0.2) is 0 Å². The van der Waals surface area contributed by atoms with Crippen molar-refractivity contribution in [2.75, 3.05) is 0 Å². The highest BCUT2D eigenvalue weighted by Crippen LogP contribution is 2.23. The number of hydrogen-bond acceptors (Lipinski definition) is 3. The molecule has 0 heterocycles. The molecule has 1 rings (SSSR count). The van der Waals surface area contributed by atoms with Gasteiger partial charge < -0.3 is 4.53 Å². The Labute approximate surface area is 74.1 Å². The van der Waals surface area contributed by atoms with Gasteiger partial charge in [-0.15, -0.1) is 5.16 Å². The summed E-state index contributed by atoms with van der Waals surface area (Å²) in [6, 6.07) is 2.19. The van der Waals surface area contributed by atoms with Crippen molar-refractivity contribution >= 4 is 14.0 Å². The van der Waals surface area contributed by atoms with Crippen molar-refractivity contribution in [2.24, 2.45) is 11.1 Å². The lowest BCUT2D eigenvalue weighted by molar-refractivity contribution is 0.326. The number of nitriles is 1. The lowest BCUT2D eigenvalue weighted by Gasteiger charge is -2.23. The van der Waals surface area contributed by atoms with Crippen LogP contribution in [0, 0.1) is 17.2 Å². The summed E-state index contributed by atoms with van der Waals surface area (Å²) in [5, 5.41) is 12.6. The van der Waals surface area contributed by atoms with Crippen LogP contribution in [-0.4, -0.2) is 14.0 Å². The number of hydrogen-bond donors (Lipinski definition) is 0. The molecular formula is C8H14N2OSi. The summed E-state index contributed by atoms with van der Waals surface area (Å²) in [5.74, 6) is 0.0290. The summed E-state index contributed by atoms with van der Waals surface area (Å²) in [6.45, 7) is 6.24. The molecule has 1 aliphatic carbocycles. The fourth-order valence-corrected chi connectivity index (χ4v) is 1.25. The van der Waals surface area contributed by atoms with Gasteiger partial charge in [-0.25, -0.2) is 0 Å². The van der Waals surface area contributed by atoms with Gasteiger partial charge in [-0.1, -0.05) is 0 Å². The second kappa shape index (κ2) is 3.28. The van der Waals surface area contributed by atoms with E-state index in [1.165, 1.54) is 0 Å². The molecule has 1 fully saturated rings. The molecule has 0 spiro atoms. The van der Waals surface area contributed by atoms with Crippen molar-refractivity contribution in [1.82, 2.24) is 0 Å². The van der Waals surface area contributed by atoms with Gasteiger partial charge in [0, 0.05) is 0 Å². The molecule has 1 unspecified atom stereocenters. The molecule has 0 bridgehead atoms. The van der Waals surface area contributed by atoms with Crippen LogP contribution in [0.3, 0.4) is 0 Å². The van der Waals surface area contributed by atoms with Crippen LogP contribution in [0.4, 0.5) is 0 Å². The zero-order valence-electron chi connectivity index (χ0n) is 7.79. The normalized spacial score (nSPS) is 26.2. The number of rotatable bonds is 2. The van der Waals surface area contributed by atoms with E-state index in [1.54, 1.807) is 0 Å². The van der Waals surface area contributed by atoms with E-state index in [4.69, 9.17) is 9.79 Å². The zero-order valence-corrected chi connectivity index (χ0v) is 8.79. The summed E-state index contributed by atoms with van der Waals surface area (Å²) in [6.07, 6.45) is 1.88. The van der Waals surface area contributed by atoms with E-state index in [1.807, 2.05) is 0 Å². The van der Waals surface area contributed by atoms with Crippen LogP contribution in [0.2, 0.25) is 19.6 Å². The van der Waals surface area contributed by atoms with Gasteiger partial charge in [0.25, 0.3) is 8.32 Å². The monoisotopic (exact) mass is 182 g/mol. The first-order valence-corrected chi connectivity index (χ1v) is 7.58. The highest BCUT2D eigenvalue weighted by Gasteiger charge is 2.27. The Morgan fingerprint density at radius 1 is 1.58 bits per heavy atom. The van der Waals surface area contributed by atoms with Crippen LogP contribution in [0.25, 0.3) is 0 Å². The van der Waals surface area contributed by atoms with Gasteiger partial charge >= 0.3 is 0 Å². The summed E-state index contributed by atoms with van der Waals surface area (Å²) in [7, 11) is -1.54. The maximum Gasteiger partial charge on any atom is 0.278 e. The second-order valence-corrected chi connectivity index (χ2v) is 8.41. The van der Waals surface area contributed by atoms with Crippen LogP contribution < -0.4 is 0 Å². The Hall–Kier alpha value is -0.823. The minimum atomic E-state index is -1.54. The van der Waals surface area contributed by atoms with Crippen molar-refractivity contribution in [3.05, 3.63) is 0 Å². The van der Waals surface area contributed by atoms with Gasteiger partial charge in [0.05, 0.1) is 17.7 Å². The van der Waals surface area contributed by atoms with Gasteiger partial charge in [0.1, 0.15) is 0 Å². The lowest BCUT2D eigenvalue weighted by atomic mass is 9.84. The van der Waals surface area contributed by atoms with Gasteiger partial charge in [-0.2, -0.15) is 5.26 Å². The molecular weight excluding hydrogens is 168 g/mol. The lowest BCUT2D eigenvalue weighted by Crippen LogP contribution is -2.28. The highest BCUT2D eigenvalue weighted by molar-refractivity contribution is 6.69. The topological polar surface area (TPSA) is 45.4 Å². The Morgan fingerprint density at radius 3 is 2.58 bits per heavy atom. The molecule has 0 aliphatic heterocycles. The molecule has 1 saturated carbocycles. The first-order chi connectivity index (χ1) is 5.53. The molecule has 1 atom stereocenters. The Balaban J connectivity index is 2.44. The van der Waals surface area contributed by atoms with E-state index in [-0.39, 0.29) is 5.92 Å². The van der Waals surface area contributed by atoms with E-state index in [9.17, 15) is 0 Å². The first kappa shape index (κ1) is 9.27. The molecule has 0 saturated heterocycles. The third-order valence-corrected chi connectivity index (χ3v) is 2.32. The van der Waals surface area contributed by atoms with Gasteiger partial charge in [0.2, 0.25) is 0 Å². The minimum Gasteiger partial charge on any atom is -0.456 e. The summed E-state index contributed by atoms with van der Waals surface area (Å²) in [5.41, 5.74) is 0.930. The molecule has 66 valence electrons. The van der Waals surface area contributed by atoms with Crippen LogP contribution in [-0.2, 0) is 4.53 Å². The van der Waals surface area contributed by atoms with Crippen molar-refractivity contribution in [3.8, 4) is 6.07 Å². The molecule has 0 radical (unpaired) electrons. The van der Waals surface area contributed by atoms with Crippen LogP contribution in [0.1, 0.15) is 12.8 Å². The Kier molecular flexibility index (Phi) is 2.53.